The highest BCUT2D eigenvalue weighted by atomic mass is 16.5. The Balaban J connectivity index is 1.54. The number of nitrogens with one attached hydrogen (secondary N) is 1. The van der Waals surface area contributed by atoms with Gasteiger partial charge in [0, 0.05) is 24.8 Å². The van der Waals surface area contributed by atoms with Crippen molar-refractivity contribution >= 4 is 17.5 Å². The zero-order valence-electron chi connectivity index (χ0n) is 14.0. The fourth-order valence-corrected chi connectivity index (χ4v) is 3.00. The fraction of sp³-hybridized carbons (Fsp3) is 0.211. The Morgan fingerprint density at radius 1 is 1.08 bits per heavy atom. The van der Waals surface area contributed by atoms with E-state index in [9.17, 15) is 0 Å². The summed E-state index contributed by atoms with van der Waals surface area (Å²) in [5.41, 5.74) is 3.62. The first-order valence-electron chi connectivity index (χ1n) is 8.24. The van der Waals surface area contributed by atoms with E-state index in [4.69, 9.17) is 4.74 Å². The van der Waals surface area contributed by atoms with Crippen molar-refractivity contribution in [3.05, 3.63) is 65.9 Å². The summed E-state index contributed by atoms with van der Waals surface area (Å²) in [7, 11) is 1.65. The first-order chi connectivity index (χ1) is 12.3. The molecule has 0 bridgehead atoms. The molecule has 0 fully saturated rings. The molecule has 0 aliphatic carbocycles. The van der Waals surface area contributed by atoms with Crippen molar-refractivity contribution in [2.75, 3.05) is 23.9 Å². The van der Waals surface area contributed by atoms with Crippen molar-refractivity contribution in [2.24, 2.45) is 0 Å². The van der Waals surface area contributed by atoms with Crippen LogP contribution in [0.15, 0.2) is 54.7 Å². The van der Waals surface area contributed by atoms with Gasteiger partial charge in [0.25, 0.3) is 0 Å². The normalized spacial score (nSPS) is 13.2. The van der Waals surface area contributed by atoms with Crippen LogP contribution in [-0.4, -0.2) is 28.8 Å². The lowest BCUT2D eigenvalue weighted by Crippen LogP contribution is -2.32. The Bertz CT molecular complexity index is 883. The van der Waals surface area contributed by atoms with Crippen LogP contribution in [0.2, 0.25) is 0 Å². The van der Waals surface area contributed by atoms with Crippen LogP contribution in [0.5, 0.6) is 5.75 Å². The number of fused-ring (bicyclic) bond motifs is 1. The number of anilines is 3. The van der Waals surface area contributed by atoms with Gasteiger partial charge in [-0.3, -0.25) is 0 Å². The zero-order chi connectivity index (χ0) is 17.1. The molecule has 0 saturated carbocycles. The fourth-order valence-electron chi connectivity index (χ4n) is 3.00. The number of methoxy groups -OCH3 is 1. The molecule has 3 aromatic rings. The summed E-state index contributed by atoms with van der Waals surface area (Å²) in [5.74, 6) is 2.10. The van der Waals surface area contributed by atoms with Crippen molar-refractivity contribution in [3.63, 3.8) is 0 Å². The van der Waals surface area contributed by atoms with Crippen LogP contribution in [-0.2, 0) is 13.0 Å². The minimum atomic E-state index is 0.641. The molecule has 0 saturated heterocycles. The monoisotopic (exact) mass is 333 g/mol. The molecule has 0 atom stereocenters. The van der Waals surface area contributed by atoms with Gasteiger partial charge in [-0.25, -0.2) is 0 Å². The molecule has 126 valence electrons. The smallest absolute Gasteiger partial charge is 0.247 e. The molecule has 0 spiro atoms. The number of hydrogen-bond donors (Lipinski definition) is 1. The highest BCUT2D eigenvalue weighted by molar-refractivity contribution is 5.58. The highest BCUT2D eigenvalue weighted by Gasteiger charge is 2.18. The number of nitrogens with zero attached hydrogens (tertiary/aromatic N) is 4. The third kappa shape index (κ3) is 3.38. The lowest BCUT2D eigenvalue weighted by molar-refractivity contribution is 0.415. The van der Waals surface area contributed by atoms with Crippen LogP contribution in [0, 0.1) is 0 Å². The maximum atomic E-state index is 5.25. The second-order valence-electron chi connectivity index (χ2n) is 5.94. The topological polar surface area (TPSA) is 63.2 Å². The Kier molecular flexibility index (Phi) is 4.16. The first kappa shape index (κ1) is 15.4. The van der Waals surface area contributed by atoms with Crippen LogP contribution < -0.4 is 15.0 Å². The van der Waals surface area contributed by atoms with E-state index < -0.39 is 0 Å². The van der Waals surface area contributed by atoms with E-state index in [1.165, 1.54) is 11.1 Å². The summed E-state index contributed by atoms with van der Waals surface area (Å²) in [6, 6.07) is 16.2. The standard InChI is InChI=1S/C19H19N5O/c1-25-17-8-4-7-16(11-17)21-18-12-20-23-19(22-18)24-10-9-14-5-2-3-6-15(14)13-24/h2-8,11-12H,9-10,13H2,1H3,(H,21,22,23). The summed E-state index contributed by atoms with van der Waals surface area (Å²) in [6.45, 7) is 1.70. The summed E-state index contributed by atoms with van der Waals surface area (Å²) in [4.78, 5) is 6.78. The van der Waals surface area contributed by atoms with E-state index in [1.54, 1.807) is 13.3 Å². The van der Waals surface area contributed by atoms with Gasteiger partial charge >= 0.3 is 0 Å². The Morgan fingerprint density at radius 2 is 1.96 bits per heavy atom. The number of benzene rings is 2. The van der Waals surface area contributed by atoms with E-state index in [2.05, 4.69) is 49.7 Å². The SMILES string of the molecule is COc1cccc(Nc2cnnc(N3CCc4ccccc4C3)n2)c1. The first-order valence-corrected chi connectivity index (χ1v) is 8.24. The van der Waals surface area contributed by atoms with Crippen LogP contribution in [0.3, 0.4) is 0 Å². The van der Waals surface area contributed by atoms with Crippen LogP contribution in [0.1, 0.15) is 11.1 Å². The molecule has 6 nitrogen and oxygen atoms in total. The molecular weight excluding hydrogens is 314 g/mol. The summed E-state index contributed by atoms with van der Waals surface area (Å²) >= 11 is 0. The van der Waals surface area contributed by atoms with Gasteiger partial charge in [-0.15, -0.1) is 5.10 Å². The third-order valence-corrected chi connectivity index (χ3v) is 4.30. The molecule has 1 aliphatic heterocycles. The Morgan fingerprint density at radius 3 is 2.84 bits per heavy atom. The van der Waals surface area contributed by atoms with Crippen molar-refractivity contribution in [2.45, 2.75) is 13.0 Å². The van der Waals surface area contributed by atoms with Gasteiger partial charge in [0.1, 0.15) is 5.75 Å². The molecule has 25 heavy (non-hydrogen) atoms. The average Bonchev–Trinajstić information content (AvgIpc) is 2.68. The second kappa shape index (κ2) is 6.76. The molecule has 1 aliphatic rings. The molecule has 0 radical (unpaired) electrons. The van der Waals surface area contributed by atoms with E-state index in [1.807, 2.05) is 24.3 Å². The van der Waals surface area contributed by atoms with E-state index >= 15 is 0 Å². The molecule has 2 aromatic carbocycles. The van der Waals surface area contributed by atoms with E-state index in [-0.39, 0.29) is 0 Å². The van der Waals surface area contributed by atoms with Crippen molar-refractivity contribution in [1.29, 1.82) is 0 Å². The average molecular weight is 333 g/mol. The van der Waals surface area contributed by atoms with Crippen LogP contribution in [0.4, 0.5) is 17.5 Å². The van der Waals surface area contributed by atoms with Crippen LogP contribution in [0.25, 0.3) is 0 Å². The van der Waals surface area contributed by atoms with Gasteiger partial charge in [-0.2, -0.15) is 10.1 Å². The van der Waals surface area contributed by atoms with Gasteiger partial charge < -0.3 is 15.0 Å². The minimum absolute atomic E-state index is 0.641. The van der Waals surface area contributed by atoms with Crippen LogP contribution >= 0.6 is 0 Å². The quantitative estimate of drug-likeness (QED) is 0.791. The molecule has 0 unspecified atom stereocenters. The molecule has 2 heterocycles. The number of rotatable bonds is 4. The summed E-state index contributed by atoms with van der Waals surface area (Å²) in [5, 5.41) is 11.6. The second-order valence-corrected chi connectivity index (χ2v) is 5.94. The largest absolute Gasteiger partial charge is 0.497 e. The lowest BCUT2D eigenvalue weighted by atomic mass is 10.0. The van der Waals surface area contributed by atoms with Gasteiger partial charge in [0.2, 0.25) is 5.95 Å². The molecule has 0 amide bonds. The molecule has 1 aromatic heterocycles. The number of hydrogen-bond acceptors (Lipinski definition) is 6. The van der Waals surface area contributed by atoms with Crippen molar-refractivity contribution < 1.29 is 4.74 Å². The maximum absolute atomic E-state index is 5.25. The Hall–Kier alpha value is -3.15. The maximum Gasteiger partial charge on any atom is 0.247 e. The molecule has 1 N–H and O–H groups in total. The zero-order valence-corrected chi connectivity index (χ0v) is 14.0. The van der Waals surface area contributed by atoms with E-state index in [0.717, 1.165) is 30.9 Å². The third-order valence-electron chi connectivity index (χ3n) is 4.30. The molecule has 4 rings (SSSR count). The van der Waals surface area contributed by atoms with Gasteiger partial charge in [0.15, 0.2) is 5.82 Å². The molecular formula is C19H19N5O. The van der Waals surface area contributed by atoms with Gasteiger partial charge in [0.05, 0.1) is 13.3 Å². The van der Waals surface area contributed by atoms with Gasteiger partial charge in [-0.05, 0) is 29.7 Å². The predicted molar refractivity (Wildman–Crippen MR) is 97.3 cm³/mol. The predicted octanol–water partition coefficient (Wildman–Crippen LogP) is 3.19. The Labute approximate surface area is 146 Å². The number of aromatic nitrogens is 3. The lowest BCUT2D eigenvalue weighted by Gasteiger charge is -2.28. The molecule has 6 heteroatoms. The van der Waals surface area contributed by atoms with E-state index in [0.29, 0.717) is 11.8 Å². The summed E-state index contributed by atoms with van der Waals surface area (Å²) < 4.78 is 5.25. The van der Waals surface area contributed by atoms with Crippen molar-refractivity contribution in [3.8, 4) is 5.75 Å². The minimum Gasteiger partial charge on any atom is -0.497 e. The number of ether oxygens (including phenoxy) is 1. The highest BCUT2D eigenvalue weighted by Crippen LogP contribution is 2.24. The summed E-state index contributed by atoms with van der Waals surface area (Å²) in [6.07, 6.45) is 2.62. The van der Waals surface area contributed by atoms with Gasteiger partial charge in [-0.1, -0.05) is 30.3 Å². The van der Waals surface area contributed by atoms with Crippen molar-refractivity contribution in [1.82, 2.24) is 15.2 Å².